The zero-order valence-electron chi connectivity index (χ0n) is 13.4. The molecular weight excluding hydrogens is 394 g/mol. The maximum Gasteiger partial charge on any atom is 0.300 e. The van der Waals surface area contributed by atoms with Crippen LogP contribution in [-0.4, -0.2) is 29.8 Å². The number of fused-ring (bicyclic) bond motifs is 1. The van der Waals surface area contributed by atoms with Gasteiger partial charge in [0.15, 0.2) is 0 Å². The Hall–Kier alpha value is -2.12. The number of benzene rings is 2. The van der Waals surface area contributed by atoms with E-state index in [4.69, 9.17) is 0 Å². The van der Waals surface area contributed by atoms with Gasteiger partial charge in [-0.1, -0.05) is 28.9 Å². The number of nitrogens with zero attached hydrogens (tertiary/aromatic N) is 2. The van der Waals surface area contributed by atoms with Crippen LogP contribution in [0.2, 0.25) is 0 Å². The van der Waals surface area contributed by atoms with Gasteiger partial charge in [-0.2, -0.15) is 0 Å². The molecule has 0 aromatic heterocycles. The highest BCUT2D eigenvalue weighted by atomic mass is 79.9. The van der Waals surface area contributed by atoms with Crippen LogP contribution >= 0.6 is 15.9 Å². The largest absolute Gasteiger partial charge is 0.300 e. The first-order valence-corrected chi connectivity index (χ1v) is 8.52. The Morgan fingerprint density at radius 1 is 1.12 bits per heavy atom. The number of hydrogen-bond acceptors (Lipinski definition) is 3. The van der Waals surface area contributed by atoms with Crippen LogP contribution in [0.25, 0.3) is 0 Å². The van der Waals surface area contributed by atoms with E-state index in [1.54, 1.807) is 23.1 Å². The Morgan fingerprint density at radius 3 is 2.44 bits per heavy atom. The van der Waals surface area contributed by atoms with E-state index in [9.17, 15) is 18.4 Å². The molecule has 1 aliphatic rings. The molecule has 4 nitrogen and oxygen atoms in total. The van der Waals surface area contributed by atoms with E-state index < -0.39 is 23.3 Å². The van der Waals surface area contributed by atoms with Crippen molar-refractivity contribution < 1.29 is 18.4 Å². The summed E-state index contributed by atoms with van der Waals surface area (Å²) in [6.07, 6.45) is 0. The molecule has 25 heavy (non-hydrogen) atoms. The molecule has 0 atom stereocenters. The minimum absolute atomic E-state index is 0.00366. The molecule has 0 fully saturated rings. The molecule has 0 saturated heterocycles. The summed E-state index contributed by atoms with van der Waals surface area (Å²) in [6.45, 7) is 2.34. The number of hydrogen-bond donors (Lipinski definition) is 0. The van der Waals surface area contributed by atoms with Crippen molar-refractivity contribution >= 4 is 33.3 Å². The smallest absolute Gasteiger partial charge is 0.291 e. The second kappa shape index (κ2) is 7.01. The molecule has 0 aliphatic carbocycles. The predicted octanol–water partition coefficient (Wildman–Crippen LogP) is 3.74. The molecule has 3 rings (SSSR count). The number of rotatable bonds is 5. The molecule has 130 valence electrons. The molecule has 0 N–H and O–H groups in total. The molecule has 1 aliphatic heterocycles. The van der Waals surface area contributed by atoms with Gasteiger partial charge in [0.25, 0.3) is 5.78 Å². The molecular formula is C18H15BrF2N2O2. The van der Waals surface area contributed by atoms with Crippen LogP contribution in [0.1, 0.15) is 22.8 Å². The molecule has 0 radical (unpaired) electrons. The fourth-order valence-corrected chi connectivity index (χ4v) is 3.13. The second-order valence-corrected chi connectivity index (χ2v) is 6.63. The summed E-state index contributed by atoms with van der Waals surface area (Å²) in [4.78, 5) is 27.4. The van der Waals surface area contributed by atoms with Gasteiger partial charge in [-0.25, -0.2) is 8.78 Å². The summed E-state index contributed by atoms with van der Waals surface area (Å²) < 4.78 is 28.5. The minimum Gasteiger partial charge on any atom is -0.291 e. The Labute approximate surface area is 152 Å². The first-order chi connectivity index (χ1) is 11.9. The molecule has 0 saturated carbocycles. The van der Waals surface area contributed by atoms with Crippen LogP contribution < -0.4 is 4.90 Å². The van der Waals surface area contributed by atoms with Crippen LogP contribution in [0, 0.1) is 11.6 Å². The summed E-state index contributed by atoms with van der Waals surface area (Å²) in [7, 11) is 0. The third kappa shape index (κ3) is 3.34. The van der Waals surface area contributed by atoms with Crippen molar-refractivity contribution in [2.75, 3.05) is 18.1 Å². The average molecular weight is 409 g/mol. The Bertz CT molecular complexity index is 837. The molecule has 0 spiro atoms. The Kier molecular flexibility index (Phi) is 4.96. The van der Waals surface area contributed by atoms with Crippen molar-refractivity contribution in [2.45, 2.75) is 13.5 Å². The van der Waals surface area contributed by atoms with Crippen molar-refractivity contribution in [2.24, 2.45) is 0 Å². The number of amides is 1. The second-order valence-electron chi connectivity index (χ2n) is 5.71. The van der Waals surface area contributed by atoms with Crippen LogP contribution in [0.15, 0.2) is 40.9 Å². The number of carbonyl (C=O) groups is 2. The maximum absolute atomic E-state index is 13.9. The molecule has 1 heterocycles. The lowest BCUT2D eigenvalue weighted by atomic mass is 10.1. The van der Waals surface area contributed by atoms with Gasteiger partial charge in [-0.05, 0) is 36.9 Å². The zero-order chi connectivity index (χ0) is 18.1. The number of Topliss-reactive ketones (excluding diaryl/α,β-unsaturated/α-hetero) is 1. The van der Waals surface area contributed by atoms with Gasteiger partial charge in [-0.15, -0.1) is 0 Å². The first kappa shape index (κ1) is 17.7. The van der Waals surface area contributed by atoms with E-state index in [2.05, 4.69) is 15.9 Å². The third-order valence-corrected chi connectivity index (χ3v) is 4.66. The van der Waals surface area contributed by atoms with E-state index in [-0.39, 0.29) is 18.8 Å². The normalized spacial score (nSPS) is 13.7. The van der Waals surface area contributed by atoms with Gasteiger partial charge in [0.2, 0.25) is 0 Å². The summed E-state index contributed by atoms with van der Waals surface area (Å²) in [5.41, 5.74) is 0.773. The van der Waals surface area contributed by atoms with Crippen molar-refractivity contribution in [3.05, 3.63) is 63.6 Å². The lowest BCUT2D eigenvalue weighted by Crippen LogP contribution is -2.40. The molecule has 0 bridgehead atoms. The maximum atomic E-state index is 13.9. The highest BCUT2D eigenvalue weighted by Crippen LogP contribution is 2.32. The van der Waals surface area contributed by atoms with Gasteiger partial charge in [0.05, 0.1) is 17.9 Å². The summed E-state index contributed by atoms with van der Waals surface area (Å²) in [5.74, 6) is -2.48. The number of anilines is 1. The van der Waals surface area contributed by atoms with Gasteiger partial charge < -0.3 is 0 Å². The van der Waals surface area contributed by atoms with Crippen LogP contribution in [0.3, 0.4) is 0 Å². The van der Waals surface area contributed by atoms with Crippen LogP contribution in [-0.2, 0) is 11.3 Å². The van der Waals surface area contributed by atoms with E-state index >= 15 is 0 Å². The van der Waals surface area contributed by atoms with Gasteiger partial charge in [0.1, 0.15) is 11.6 Å². The Balaban J connectivity index is 1.87. The molecule has 2 aromatic rings. The Morgan fingerprint density at radius 2 is 1.80 bits per heavy atom. The van der Waals surface area contributed by atoms with E-state index in [1.807, 2.05) is 6.92 Å². The van der Waals surface area contributed by atoms with Crippen molar-refractivity contribution in [3.63, 3.8) is 0 Å². The first-order valence-electron chi connectivity index (χ1n) is 7.73. The topological polar surface area (TPSA) is 40.6 Å². The zero-order valence-corrected chi connectivity index (χ0v) is 15.0. The van der Waals surface area contributed by atoms with E-state index in [0.717, 1.165) is 4.47 Å². The minimum atomic E-state index is -0.638. The fraction of sp³-hybridized carbons (Fsp3) is 0.222. The lowest BCUT2D eigenvalue weighted by molar-refractivity contribution is -0.114. The lowest BCUT2D eigenvalue weighted by Gasteiger charge is -2.27. The van der Waals surface area contributed by atoms with Gasteiger partial charge >= 0.3 is 5.91 Å². The van der Waals surface area contributed by atoms with E-state index in [1.165, 1.54) is 23.1 Å². The third-order valence-electron chi connectivity index (χ3n) is 4.17. The van der Waals surface area contributed by atoms with Crippen molar-refractivity contribution in [1.29, 1.82) is 0 Å². The quantitative estimate of drug-likeness (QED) is 0.707. The average Bonchev–Trinajstić information content (AvgIpc) is 2.81. The molecule has 7 heteroatoms. The monoisotopic (exact) mass is 408 g/mol. The predicted molar refractivity (Wildman–Crippen MR) is 93.3 cm³/mol. The fourth-order valence-electron chi connectivity index (χ4n) is 2.78. The molecule has 0 unspecified atom stereocenters. The van der Waals surface area contributed by atoms with Gasteiger partial charge in [0, 0.05) is 16.6 Å². The summed E-state index contributed by atoms with van der Waals surface area (Å²) >= 11 is 3.33. The highest BCUT2D eigenvalue weighted by Gasteiger charge is 2.36. The van der Waals surface area contributed by atoms with Crippen LogP contribution in [0.5, 0.6) is 0 Å². The molecule has 1 amide bonds. The van der Waals surface area contributed by atoms with Crippen molar-refractivity contribution in [1.82, 2.24) is 4.90 Å². The molecule has 2 aromatic carbocycles. The number of ketones is 1. The number of carbonyl (C=O) groups excluding carboxylic acids is 2. The highest BCUT2D eigenvalue weighted by molar-refractivity contribution is 9.10. The van der Waals surface area contributed by atoms with Crippen LogP contribution in [0.4, 0.5) is 14.5 Å². The summed E-state index contributed by atoms with van der Waals surface area (Å²) in [5, 5.41) is 0. The summed E-state index contributed by atoms with van der Waals surface area (Å²) in [6, 6.07) is 8.68. The number of halogens is 3. The van der Waals surface area contributed by atoms with Crippen molar-refractivity contribution in [3.8, 4) is 0 Å². The van der Waals surface area contributed by atoms with Gasteiger partial charge in [-0.3, -0.25) is 19.4 Å². The SMILES string of the molecule is CCN(Cc1c(F)cccc1F)CN1C(=O)C(=O)c2ccc(Br)cc21. The standard InChI is InChI=1S/C18H15BrF2N2O2/c1-2-22(9-13-14(20)4-3-5-15(13)21)10-23-16-8-11(19)6-7-12(16)17(24)18(23)25/h3-8H,2,9-10H2,1H3. The van der Waals surface area contributed by atoms with E-state index in [0.29, 0.717) is 17.8 Å².